The highest BCUT2D eigenvalue weighted by molar-refractivity contribution is 5.85. The van der Waals surface area contributed by atoms with E-state index in [1.54, 1.807) is 0 Å². The van der Waals surface area contributed by atoms with Crippen LogP contribution in [0.3, 0.4) is 0 Å². The molecule has 2 rings (SSSR count). The Kier molecular flexibility index (Phi) is 5.02. The summed E-state index contributed by atoms with van der Waals surface area (Å²) in [5.41, 5.74) is 0. The molecule has 0 spiro atoms. The zero-order valence-corrected chi connectivity index (χ0v) is 10.5. The molecule has 2 unspecified atom stereocenters. The number of likely N-dealkylation sites (N-methyl/N-ethyl adjacent to an activating group) is 1. The van der Waals surface area contributed by atoms with Crippen LogP contribution in [0.4, 0.5) is 0 Å². The van der Waals surface area contributed by atoms with Gasteiger partial charge in [0.05, 0.1) is 12.1 Å². The number of β-amino-alcohol motifs (C(OH)–C–C–N with tert-alkyl or cyclic N) is 1. The second-order valence-corrected chi connectivity index (χ2v) is 4.67. The first kappa shape index (κ1) is 13.7. The summed E-state index contributed by atoms with van der Waals surface area (Å²) in [6.07, 6.45) is 2.76. The van der Waals surface area contributed by atoms with Crippen molar-refractivity contribution in [2.75, 3.05) is 19.6 Å². The van der Waals surface area contributed by atoms with Crippen molar-refractivity contribution >= 4 is 18.3 Å². The van der Waals surface area contributed by atoms with Crippen molar-refractivity contribution < 1.29 is 9.90 Å². The molecular formula is C11H21ClN2O2. The van der Waals surface area contributed by atoms with Crippen LogP contribution in [0.5, 0.6) is 0 Å². The Bertz CT molecular complexity index is 246. The monoisotopic (exact) mass is 248 g/mol. The minimum atomic E-state index is -0.349. The lowest BCUT2D eigenvalue weighted by Gasteiger charge is -2.24. The Morgan fingerprint density at radius 3 is 2.62 bits per heavy atom. The summed E-state index contributed by atoms with van der Waals surface area (Å²) in [5, 5.41) is 12.4. The number of aliphatic hydroxyl groups excluding tert-OH is 1. The fourth-order valence-electron chi connectivity index (χ4n) is 2.11. The summed E-state index contributed by atoms with van der Waals surface area (Å²) in [4.78, 5) is 14.0. The van der Waals surface area contributed by atoms with Crippen molar-refractivity contribution in [3.63, 3.8) is 0 Å². The summed E-state index contributed by atoms with van der Waals surface area (Å²) in [6.45, 7) is 4.26. The van der Waals surface area contributed by atoms with Gasteiger partial charge in [-0.05, 0) is 32.1 Å². The molecule has 1 aliphatic heterocycles. The lowest BCUT2D eigenvalue weighted by molar-refractivity contribution is -0.133. The maximum atomic E-state index is 12.0. The van der Waals surface area contributed by atoms with Crippen LogP contribution in [0.1, 0.15) is 26.2 Å². The topological polar surface area (TPSA) is 52.6 Å². The fourth-order valence-corrected chi connectivity index (χ4v) is 2.11. The number of nitrogens with one attached hydrogen (secondary N) is 1. The standard InChI is InChI=1S/C11H20N2O2.ClH/c1-2-13(7-8-3-4-8)11(15)10-5-9(14)6-12-10;/h8-10,12,14H,2-7H2,1H3;1H. The smallest absolute Gasteiger partial charge is 0.239 e. The molecule has 0 aromatic rings. The van der Waals surface area contributed by atoms with Gasteiger partial charge in [0.15, 0.2) is 0 Å². The predicted octanol–water partition coefficient (Wildman–Crippen LogP) is 0.389. The number of halogens is 1. The van der Waals surface area contributed by atoms with Gasteiger partial charge < -0.3 is 15.3 Å². The highest BCUT2D eigenvalue weighted by Crippen LogP contribution is 2.30. The van der Waals surface area contributed by atoms with Crippen LogP contribution in [0.2, 0.25) is 0 Å². The zero-order chi connectivity index (χ0) is 10.8. The number of nitrogens with zero attached hydrogens (tertiary/aromatic N) is 1. The Balaban J connectivity index is 0.00000128. The van der Waals surface area contributed by atoms with Crippen molar-refractivity contribution in [2.24, 2.45) is 5.92 Å². The molecule has 1 saturated carbocycles. The summed E-state index contributed by atoms with van der Waals surface area (Å²) < 4.78 is 0. The molecule has 16 heavy (non-hydrogen) atoms. The molecule has 0 aromatic heterocycles. The van der Waals surface area contributed by atoms with E-state index in [-0.39, 0.29) is 30.5 Å². The Morgan fingerprint density at radius 1 is 1.50 bits per heavy atom. The van der Waals surface area contributed by atoms with E-state index < -0.39 is 0 Å². The van der Waals surface area contributed by atoms with Gasteiger partial charge in [-0.3, -0.25) is 4.79 Å². The van der Waals surface area contributed by atoms with Gasteiger partial charge in [-0.2, -0.15) is 0 Å². The van der Waals surface area contributed by atoms with E-state index >= 15 is 0 Å². The molecule has 0 aromatic carbocycles. The lowest BCUT2D eigenvalue weighted by atomic mass is 10.1. The van der Waals surface area contributed by atoms with E-state index in [0.29, 0.717) is 13.0 Å². The molecule has 0 bridgehead atoms. The molecule has 94 valence electrons. The molecular weight excluding hydrogens is 228 g/mol. The third kappa shape index (κ3) is 3.34. The first-order valence-electron chi connectivity index (χ1n) is 5.91. The normalized spacial score (nSPS) is 28.6. The summed E-state index contributed by atoms with van der Waals surface area (Å²) in [6, 6.07) is -0.154. The Morgan fingerprint density at radius 2 is 2.19 bits per heavy atom. The number of aliphatic hydroxyl groups is 1. The van der Waals surface area contributed by atoms with E-state index in [1.807, 2.05) is 11.8 Å². The maximum Gasteiger partial charge on any atom is 0.239 e. The Labute approximate surface area is 103 Å². The lowest BCUT2D eigenvalue weighted by Crippen LogP contribution is -2.44. The van der Waals surface area contributed by atoms with Crippen LogP contribution >= 0.6 is 12.4 Å². The average Bonchev–Trinajstić information content (AvgIpc) is 2.95. The van der Waals surface area contributed by atoms with Gasteiger partial charge in [0.2, 0.25) is 5.91 Å². The molecule has 5 heteroatoms. The second kappa shape index (κ2) is 5.84. The number of hydrogen-bond acceptors (Lipinski definition) is 3. The van der Waals surface area contributed by atoms with Gasteiger partial charge in [-0.25, -0.2) is 0 Å². The minimum Gasteiger partial charge on any atom is -0.392 e. The van der Waals surface area contributed by atoms with Crippen LogP contribution in [0.25, 0.3) is 0 Å². The minimum absolute atomic E-state index is 0. The van der Waals surface area contributed by atoms with Crippen molar-refractivity contribution in [2.45, 2.75) is 38.3 Å². The van der Waals surface area contributed by atoms with Crippen molar-refractivity contribution in [1.82, 2.24) is 10.2 Å². The molecule has 1 amide bonds. The molecule has 4 nitrogen and oxygen atoms in total. The number of rotatable bonds is 4. The third-order valence-corrected chi connectivity index (χ3v) is 3.27. The first-order valence-corrected chi connectivity index (χ1v) is 5.91. The fraction of sp³-hybridized carbons (Fsp3) is 0.909. The summed E-state index contributed by atoms with van der Waals surface area (Å²) in [7, 11) is 0. The summed E-state index contributed by atoms with van der Waals surface area (Å²) >= 11 is 0. The van der Waals surface area contributed by atoms with Crippen molar-refractivity contribution in [3.05, 3.63) is 0 Å². The number of carbonyl (C=O) groups excluding carboxylic acids is 1. The largest absolute Gasteiger partial charge is 0.392 e. The molecule has 2 aliphatic rings. The van der Waals surface area contributed by atoms with E-state index in [2.05, 4.69) is 5.32 Å². The van der Waals surface area contributed by atoms with Gasteiger partial charge >= 0.3 is 0 Å². The number of carbonyl (C=O) groups is 1. The summed E-state index contributed by atoms with van der Waals surface area (Å²) in [5.74, 6) is 0.904. The highest BCUT2D eigenvalue weighted by atomic mass is 35.5. The quantitative estimate of drug-likeness (QED) is 0.757. The van der Waals surface area contributed by atoms with Gasteiger partial charge in [0, 0.05) is 19.6 Å². The number of amides is 1. The van der Waals surface area contributed by atoms with E-state index in [0.717, 1.165) is 19.0 Å². The third-order valence-electron chi connectivity index (χ3n) is 3.27. The van der Waals surface area contributed by atoms with Gasteiger partial charge in [-0.15, -0.1) is 12.4 Å². The van der Waals surface area contributed by atoms with Gasteiger partial charge in [0.25, 0.3) is 0 Å². The molecule has 1 aliphatic carbocycles. The van der Waals surface area contributed by atoms with E-state index in [9.17, 15) is 9.90 Å². The molecule has 1 saturated heterocycles. The van der Waals surface area contributed by atoms with Crippen LogP contribution in [-0.2, 0) is 4.79 Å². The molecule has 0 radical (unpaired) electrons. The first-order chi connectivity index (χ1) is 7.20. The maximum absolute atomic E-state index is 12.0. The van der Waals surface area contributed by atoms with Crippen molar-refractivity contribution in [1.29, 1.82) is 0 Å². The van der Waals surface area contributed by atoms with Crippen molar-refractivity contribution in [3.8, 4) is 0 Å². The van der Waals surface area contributed by atoms with Crippen LogP contribution in [0, 0.1) is 5.92 Å². The Hall–Kier alpha value is -0.320. The van der Waals surface area contributed by atoms with Gasteiger partial charge in [0.1, 0.15) is 0 Å². The second-order valence-electron chi connectivity index (χ2n) is 4.67. The van der Waals surface area contributed by atoms with Gasteiger partial charge in [-0.1, -0.05) is 0 Å². The predicted molar refractivity (Wildman–Crippen MR) is 64.6 cm³/mol. The van der Waals surface area contributed by atoms with Crippen LogP contribution in [-0.4, -0.2) is 47.7 Å². The van der Waals surface area contributed by atoms with E-state index in [1.165, 1.54) is 12.8 Å². The highest BCUT2D eigenvalue weighted by Gasteiger charge is 2.33. The zero-order valence-electron chi connectivity index (χ0n) is 9.69. The average molecular weight is 249 g/mol. The number of hydrogen-bond donors (Lipinski definition) is 2. The molecule has 2 N–H and O–H groups in total. The van der Waals surface area contributed by atoms with Crippen LogP contribution in [0.15, 0.2) is 0 Å². The SMILES string of the molecule is CCN(CC1CC1)C(=O)C1CC(O)CN1.Cl. The molecule has 2 fully saturated rings. The molecule has 2 atom stereocenters. The molecule has 1 heterocycles. The van der Waals surface area contributed by atoms with E-state index in [4.69, 9.17) is 0 Å². The van der Waals surface area contributed by atoms with Crippen LogP contribution < -0.4 is 5.32 Å².